The quantitative estimate of drug-likeness (QED) is 0.751. The number of hydrogen-bond acceptors (Lipinski definition) is 3. The van der Waals surface area contributed by atoms with E-state index in [0.29, 0.717) is 17.6 Å². The Bertz CT molecular complexity index is 981. The van der Waals surface area contributed by atoms with E-state index in [0.717, 1.165) is 22.5 Å². The maximum Gasteiger partial charge on any atom is 0.343 e. The molecule has 2 heterocycles. The number of ether oxygens (including phenoxy) is 1. The van der Waals surface area contributed by atoms with Crippen LogP contribution in [0.1, 0.15) is 28.5 Å². The second-order valence-electron chi connectivity index (χ2n) is 5.74. The SMILES string of the molecule is CCn1c(C)c(C(=O)OC)c(=O)c2c(C)c(-c3ccccc3)[nH]c21. The van der Waals surface area contributed by atoms with Gasteiger partial charge in [0.05, 0.1) is 18.2 Å². The number of methoxy groups -OCH3 is 1. The minimum Gasteiger partial charge on any atom is -0.465 e. The zero-order chi connectivity index (χ0) is 17.4. The number of nitrogens with one attached hydrogen (secondary N) is 1. The van der Waals surface area contributed by atoms with Crippen molar-refractivity contribution in [3.63, 3.8) is 0 Å². The smallest absolute Gasteiger partial charge is 0.343 e. The number of fused-ring (bicyclic) bond motifs is 1. The lowest BCUT2D eigenvalue weighted by atomic mass is 10.0. The summed E-state index contributed by atoms with van der Waals surface area (Å²) in [7, 11) is 1.29. The Hall–Kier alpha value is -2.82. The van der Waals surface area contributed by atoms with Gasteiger partial charge in [-0.05, 0) is 31.9 Å². The summed E-state index contributed by atoms with van der Waals surface area (Å²) in [5.74, 6) is -0.594. The highest BCUT2D eigenvalue weighted by atomic mass is 16.5. The van der Waals surface area contributed by atoms with Crippen molar-refractivity contribution in [1.29, 1.82) is 0 Å². The maximum atomic E-state index is 12.9. The van der Waals surface area contributed by atoms with Crippen molar-refractivity contribution in [2.45, 2.75) is 27.3 Å². The van der Waals surface area contributed by atoms with E-state index in [1.165, 1.54) is 7.11 Å². The van der Waals surface area contributed by atoms with Crippen LogP contribution >= 0.6 is 0 Å². The van der Waals surface area contributed by atoms with Gasteiger partial charge in [0.2, 0.25) is 5.43 Å². The number of nitrogens with zero attached hydrogens (tertiary/aromatic N) is 1. The highest BCUT2D eigenvalue weighted by Gasteiger charge is 2.23. The van der Waals surface area contributed by atoms with Gasteiger partial charge in [-0.15, -0.1) is 0 Å². The molecule has 24 heavy (non-hydrogen) atoms. The van der Waals surface area contributed by atoms with Gasteiger partial charge in [-0.25, -0.2) is 4.79 Å². The Kier molecular flexibility index (Phi) is 4.01. The van der Waals surface area contributed by atoms with Crippen LogP contribution in [0.15, 0.2) is 35.1 Å². The van der Waals surface area contributed by atoms with Crippen molar-refractivity contribution in [3.8, 4) is 11.3 Å². The van der Waals surface area contributed by atoms with Crippen LogP contribution < -0.4 is 5.43 Å². The van der Waals surface area contributed by atoms with Gasteiger partial charge in [0, 0.05) is 12.2 Å². The van der Waals surface area contributed by atoms with E-state index < -0.39 is 5.97 Å². The molecule has 0 saturated carbocycles. The van der Waals surface area contributed by atoms with Crippen LogP contribution in [0.5, 0.6) is 0 Å². The van der Waals surface area contributed by atoms with Crippen LogP contribution in [0.3, 0.4) is 0 Å². The van der Waals surface area contributed by atoms with E-state index in [2.05, 4.69) is 4.98 Å². The van der Waals surface area contributed by atoms with Gasteiger partial charge >= 0.3 is 5.97 Å². The lowest BCUT2D eigenvalue weighted by Gasteiger charge is -2.13. The highest BCUT2D eigenvalue weighted by Crippen LogP contribution is 2.29. The molecule has 0 unspecified atom stereocenters. The average Bonchev–Trinajstić information content (AvgIpc) is 2.93. The number of aryl methyl sites for hydroxylation is 2. The Labute approximate surface area is 139 Å². The van der Waals surface area contributed by atoms with E-state index in [1.54, 1.807) is 6.92 Å². The van der Waals surface area contributed by atoms with Crippen LogP contribution in [0, 0.1) is 13.8 Å². The fourth-order valence-electron chi connectivity index (χ4n) is 3.28. The summed E-state index contributed by atoms with van der Waals surface area (Å²) in [5.41, 5.74) is 3.92. The zero-order valence-electron chi connectivity index (χ0n) is 14.3. The fourth-order valence-corrected chi connectivity index (χ4v) is 3.28. The third-order valence-corrected chi connectivity index (χ3v) is 4.49. The molecule has 2 aromatic heterocycles. The lowest BCUT2D eigenvalue weighted by molar-refractivity contribution is 0.0597. The molecule has 0 amide bonds. The van der Waals surface area contributed by atoms with E-state index in [1.807, 2.05) is 48.7 Å². The fraction of sp³-hybridized carbons (Fsp3) is 0.263. The van der Waals surface area contributed by atoms with Gasteiger partial charge in [0.25, 0.3) is 0 Å². The van der Waals surface area contributed by atoms with Gasteiger partial charge in [-0.1, -0.05) is 30.3 Å². The first kappa shape index (κ1) is 16.1. The number of rotatable bonds is 3. The van der Waals surface area contributed by atoms with Crippen molar-refractivity contribution in [3.05, 3.63) is 57.4 Å². The maximum absolute atomic E-state index is 12.9. The van der Waals surface area contributed by atoms with Crippen LogP contribution in [0.25, 0.3) is 22.3 Å². The molecule has 0 spiro atoms. The molecular formula is C19H20N2O3. The number of aromatic nitrogens is 2. The first-order chi connectivity index (χ1) is 11.5. The standard InChI is InChI=1S/C19H20N2O3/c1-5-21-12(3)15(19(23)24-4)17(22)14-11(2)16(20-18(14)21)13-9-7-6-8-10-13/h6-10,20H,5H2,1-4H3. The van der Waals surface area contributed by atoms with E-state index >= 15 is 0 Å². The van der Waals surface area contributed by atoms with E-state index in [-0.39, 0.29) is 11.0 Å². The summed E-state index contributed by atoms with van der Waals surface area (Å²) < 4.78 is 6.76. The molecule has 0 aliphatic heterocycles. The number of carbonyl (C=O) groups is 1. The number of H-pyrrole nitrogens is 1. The summed E-state index contributed by atoms with van der Waals surface area (Å²) in [6, 6.07) is 9.85. The second kappa shape index (κ2) is 6.00. The van der Waals surface area contributed by atoms with Crippen LogP contribution in [0.2, 0.25) is 0 Å². The Morgan fingerprint density at radius 2 is 1.88 bits per heavy atom. The first-order valence-electron chi connectivity index (χ1n) is 7.90. The van der Waals surface area contributed by atoms with Crippen molar-refractivity contribution in [2.24, 2.45) is 0 Å². The summed E-state index contributed by atoms with van der Waals surface area (Å²) in [4.78, 5) is 28.4. The molecule has 0 aliphatic carbocycles. The molecule has 5 heteroatoms. The zero-order valence-corrected chi connectivity index (χ0v) is 14.3. The summed E-state index contributed by atoms with van der Waals surface area (Å²) >= 11 is 0. The van der Waals surface area contributed by atoms with Gasteiger partial charge < -0.3 is 14.3 Å². The van der Waals surface area contributed by atoms with Gasteiger partial charge in [-0.2, -0.15) is 0 Å². The van der Waals surface area contributed by atoms with Crippen molar-refractivity contribution in [2.75, 3.05) is 7.11 Å². The second-order valence-corrected chi connectivity index (χ2v) is 5.74. The molecule has 0 saturated heterocycles. The predicted molar refractivity (Wildman–Crippen MR) is 94.5 cm³/mol. The molecule has 1 aromatic carbocycles. The molecule has 0 fully saturated rings. The van der Waals surface area contributed by atoms with Crippen molar-refractivity contribution < 1.29 is 9.53 Å². The largest absolute Gasteiger partial charge is 0.465 e. The van der Waals surface area contributed by atoms with Crippen molar-refractivity contribution >= 4 is 17.0 Å². The van der Waals surface area contributed by atoms with Gasteiger partial charge in [-0.3, -0.25) is 4.79 Å². The number of aromatic amines is 1. The highest BCUT2D eigenvalue weighted by molar-refractivity contribution is 5.97. The van der Waals surface area contributed by atoms with Crippen LogP contribution in [-0.2, 0) is 11.3 Å². The van der Waals surface area contributed by atoms with E-state index in [4.69, 9.17) is 4.74 Å². The third kappa shape index (κ3) is 2.24. The van der Waals surface area contributed by atoms with Crippen molar-refractivity contribution in [1.82, 2.24) is 9.55 Å². The molecule has 0 atom stereocenters. The summed E-state index contributed by atoms with van der Waals surface area (Å²) in [6.45, 7) is 6.30. The first-order valence-corrected chi connectivity index (χ1v) is 7.90. The summed E-state index contributed by atoms with van der Waals surface area (Å²) in [5, 5.41) is 0.543. The topological polar surface area (TPSA) is 64.1 Å². The molecule has 5 nitrogen and oxygen atoms in total. The lowest BCUT2D eigenvalue weighted by Crippen LogP contribution is -2.23. The number of carbonyl (C=O) groups excluding carboxylic acids is 1. The number of hydrogen-bond donors (Lipinski definition) is 1. The minimum atomic E-state index is -0.594. The molecular weight excluding hydrogens is 304 g/mol. The third-order valence-electron chi connectivity index (χ3n) is 4.49. The predicted octanol–water partition coefficient (Wildman–Crippen LogP) is 3.42. The monoisotopic (exact) mass is 324 g/mol. The van der Waals surface area contributed by atoms with E-state index in [9.17, 15) is 9.59 Å². The molecule has 0 aliphatic rings. The number of esters is 1. The molecule has 3 aromatic rings. The average molecular weight is 324 g/mol. The normalized spacial score (nSPS) is 11.0. The molecule has 0 bridgehead atoms. The van der Waals surface area contributed by atoms with Gasteiger partial charge in [0.15, 0.2) is 0 Å². The minimum absolute atomic E-state index is 0.105. The van der Waals surface area contributed by atoms with Crippen LogP contribution in [-0.4, -0.2) is 22.6 Å². The molecule has 1 N–H and O–H groups in total. The number of pyridine rings is 1. The Morgan fingerprint density at radius 1 is 1.21 bits per heavy atom. The molecule has 0 radical (unpaired) electrons. The van der Waals surface area contributed by atoms with Gasteiger partial charge in [0.1, 0.15) is 11.2 Å². The number of benzene rings is 1. The Balaban J connectivity index is 2.45. The Morgan fingerprint density at radius 3 is 2.46 bits per heavy atom. The molecule has 3 rings (SSSR count). The van der Waals surface area contributed by atoms with Crippen LogP contribution in [0.4, 0.5) is 0 Å². The molecule has 124 valence electrons. The summed E-state index contributed by atoms with van der Waals surface area (Å²) in [6.07, 6.45) is 0.